The second-order valence-corrected chi connectivity index (χ2v) is 1.83. The van der Waals surface area contributed by atoms with Gasteiger partial charge in [-0.3, -0.25) is 4.79 Å². The normalized spacial score (nSPS) is 9.14. The quantitative estimate of drug-likeness (QED) is 0.552. The lowest BCUT2D eigenvalue weighted by atomic mass is 10.5. The summed E-state index contributed by atoms with van der Waals surface area (Å²) in [5, 5.41) is 7.91. The first kappa shape index (κ1) is 6.57. The standard InChI is InChI=1S/C3H5O3P/c4-3(5)1-2-7-6/h1-2H2,(H,4,5)/p+1. The first-order valence-corrected chi connectivity index (χ1v) is 2.95. The van der Waals surface area contributed by atoms with Gasteiger partial charge in [0.05, 0.1) is 6.42 Å². The lowest BCUT2D eigenvalue weighted by molar-refractivity contribution is -0.136. The van der Waals surface area contributed by atoms with E-state index in [4.69, 9.17) is 5.11 Å². The van der Waals surface area contributed by atoms with E-state index < -0.39 is 14.4 Å². The van der Waals surface area contributed by atoms with E-state index in [-0.39, 0.29) is 12.6 Å². The maximum atomic E-state index is 9.62. The highest BCUT2D eigenvalue weighted by Crippen LogP contribution is 1.92. The summed E-state index contributed by atoms with van der Waals surface area (Å²) in [5.74, 6) is -0.886. The fourth-order valence-corrected chi connectivity index (χ4v) is 0.474. The molecule has 0 fully saturated rings. The number of carboxylic acid groups (broad SMARTS) is 1. The van der Waals surface area contributed by atoms with Crippen molar-refractivity contribution in [2.75, 3.05) is 6.16 Å². The molecule has 0 aliphatic rings. The molecule has 0 aromatic heterocycles. The minimum atomic E-state index is -0.886. The van der Waals surface area contributed by atoms with E-state index in [0.717, 1.165) is 0 Å². The highest BCUT2D eigenvalue weighted by Gasteiger charge is 1.97. The molecule has 40 valence electrons. The Morgan fingerprint density at radius 3 is 2.43 bits per heavy atom. The van der Waals surface area contributed by atoms with Crippen LogP contribution < -0.4 is 0 Å². The molecule has 0 rings (SSSR count). The van der Waals surface area contributed by atoms with Crippen molar-refractivity contribution in [1.82, 2.24) is 0 Å². The van der Waals surface area contributed by atoms with Crippen molar-refractivity contribution in [3.05, 3.63) is 0 Å². The van der Waals surface area contributed by atoms with Gasteiger partial charge in [-0.2, -0.15) is 0 Å². The Hall–Kier alpha value is -0.430. The average Bonchev–Trinajstić information content (AvgIpc) is 1.61. The third-order valence-electron chi connectivity index (χ3n) is 0.441. The van der Waals surface area contributed by atoms with Gasteiger partial charge in [-0.05, 0) is 0 Å². The first-order chi connectivity index (χ1) is 3.27. The van der Waals surface area contributed by atoms with Crippen molar-refractivity contribution in [1.29, 1.82) is 0 Å². The van der Waals surface area contributed by atoms with Gasteiger partial charge in [0.1, 0.15) is 0 Å². The van der Waals surface area contributed by atoms with E-state index in [0.29, 0.717) is 0 Å². The van der Waals surface area contributed by atoms with Gasteiger partial charge in [0.25, 0.3) is 0 Å². The van der Waals surface area contributed by atoms with Crippen LogP contribution in [0.2, 0.25) is 0 Å². The molecule has 0 spiro atoms. The Morgan fingerprint density at radius 2 is 2.29 bits per heavy atom. The molecule has 0 heterocycles. The summed E-state index contributed by atoms with van der Waals surface area (Å²) in [7, 11) is -0.480. The molecule has 0 aliphatic carbocycles. The molecule has 1 unspecified atom stereocenters. The number of carbonyl (C=O) groups is 1. The van der Waals surface area contributed by atoms with Crippen LogP contribution in [0.5, 0.6) is 0 Å². The van der Waals surface area contributed by atoms with Gasteiger partial charge in [0, 0.05) is 0 Å². The molecule has 1 atom stereocenters. The first-order valence-electron chi connectivity index (χ1n) is 1.84. The molecule has 0 saturated heterocycles. The van der Waals surface area contributed by atoms with Gasteiger partial charge in [-0.1, -0.05) is 4.57 Å². The summed E-state index contributed by atoms with van der Waals surface area (Å²) in [6, 6.07) is 0. The van der Waals surface area contributed by atoms with Crippen LogP contribution in [0, 0.1) is 0 Å². The van der Waals surface area contributed by atoms with Crippen molar-refractivity contribution in [2.45, 2.75) is 6.42 Å². The van der Waals surface area contributed by atoms with Crippen LogP contribution in [0.4, 0.5) is 0 Å². The Kier molecular flexibility index (Phi) is 3.52. The van der Waals surface area contributed by atoms with Gasteiger partial charge < -0.3 is 5.11 Å². The van der Waals surface area contributed by atoms with E-state index in [1.165, 1.54) is 0 Å². The summed E-state index contributed by atoms with van der Waals surface area (Å²) < 4.78 is 9.60. The largest absolute Gasteiger partial charge is 0.481 e. The van der Waals surface area contributed by atoms with Crippen molar-refractivity contribution in [3.63, 3.8) is 0 Å². The molecule has 0 aromatic carbocycles. The zero-order chi connectivity index (χ0) is 5.70. The highest BCUT2D eigenvalue weighted by atomic mass is 31.1. The molecule has 4 heteroatoms. The summed E-state index contributed by atoms with van der Waals surface area (Å²) in [6.07, 6.45) is 0.289. The van der Waals surface area contributed by atoms with Crippen LogP contribution in [0.3, 0.4) is 0 Å². The predicted octanol–water partition coefficient (Wildman–Crippen LogP) is 0.485. The molecule has 7 heavy (non-hydrogen) atoms. The molecule has 0 aromatic rings. The van der Waals surface area contributed by atoms with Gasteiger partial charge in [-0.25, -0.2) is 0 Å². The van der Waals surface area contributed by atoms with E-state index in [9.17, 15) is 9.36 Å². The van der Waals surface area contributed by atoms with Crippen molar-refractivity contribution in [3.8, 4) is 0 Å². The minimum Gasteiger partial charge on any atom is -0.481 e. The Morgan fingerprint density at radius 1 is 1.71 bits per heavy atom. The second kappa shape index (κ2) is 3.75. The van der Waals surface area contributed by atoms with Gasteiger partial charge in [0.15, 0.2) is 6.16 Å². The van der Waals surface area contributed by atoms with Crippen LogP contribution in [0.25, 0.3) is 0 Å². The molecule has 0 aliphatic heterocycles. The molecular weight excluding hydrogens is 115 g/mol. The zero-order valence-corrected chi connectivity index (χ0v) is 4.68. The van der Waals surface area contributed by atoms with Crippen molar-refractivity contribution < 1.29 is 14.5 Å². The molecule has 0 bridgehead atoms. The topological polar surface area (TPSA) is 54.4 Å². The van der Waals surface area contributed by atoms with E-state index in [1.807, 2.05) is 0 Å². The number of aliphatic carboxylic acids is 1. The van der Waals surface area contributed by atoms with Crippen LogP contribution in [-0.2, 0) is 9.36 Å². The summed E-state index contributed by atoms with van der Waals surface area (Å²) >= 11 is 0. The predicted molar refractivity (Wildman–Crippen MR) is 26.1 cm³/mol. The number of hydrogen-bond acceptors (Lipinski definition) is 2. The van der Waals surface area contributed by atoms with Gasteiger partial charge in [-0.15, -0.1) is 0 Å². The molecule has 0 radical (unpaired) electrons. The fraction of sp³-hybridized carbons (Fsp3) is 0.667. The SMILES string of the molecule is O=[PH+]CCC(=O)O. The molecular formula is C3H6O3P+. The van der Waals surface area contributed by atoms with Crippen LogP contribution in [-0.4, -0.2) is 17.2 Å². The lowest BCUT2D eigenvalue weighted by Gasteiger charge is -1.74. The summed E-state index contributed by atoms with van der Waals surface area (Å²) in [4.78, 5) is 9.62. The monoisotopic (exact) mass is 121 g/mol. The summed E-state index contributed by atoms with van der Waals surface area (Å²) in [5.41, 5.74) is 0. The number of hydrogen-bond donors (Lipinski definition) is 1. The molecule has 0 amide bonds. The third-order valence-corrected chi connectivity index (χ3v) is 0.895. The molecule has 0 saturated carbocycles. The Bertz CT molecular complexity index is 80.2. The maximum absolute atomic E-state index is 9.62. The smallest absolute Gasteiger partial charge is 0.325 e. The Labute approximate surface area is 42.5 Å². The van der Waals surface area contributed by atoms with Crippen LogP contribution >= 0.6 is 8.46 Å². The average molecular weight is 121 g/mol. The second-order valence-electron chi connectivity index (χ2n) is 1.04. The Balaban J connectivity index is 2.97. The highest BCUT2D eigenvalue weighted by molar-refractivity contribution is 7.23. The summed E-state index contributed by atoms with van der Waals surface area (Å²) in [6.45, 7) is 0. The fourth-order valence-electron chi connectivity index (χ4n) is 0.158. The van der Waals surface area contributed by atoms with Crippen LogP contribution in [0.15, 0.2) is 0 Å². The lowest BCUT2D eigenvalue weighted by Crippen LogP contribution is -1.93. The number of rotatable bonds is 3. The molecule has 1 N–H and O–H groups in total. The van der Waals surface area contributed by atoms with Crippen molar-refractivity contribution >= 4 is 14.4 Å². The van der Waals surface area contributed by atoms with E-state index >= 15 is 0 Å². The molecule has 3 nitrogen and oxygen atoms in total. The number of carboxylic acids is 1. The van der Waals surface area contributed by atoms with Crippen molar-refractivity contribution in [2.24, 2.45) is 0 Å². The van der Waals surface area contributed by atoms with Gasteiger partial charge >= 0.3 is 14.4 Å². The van der Waals surface area contributed by atoms with Crippen LogP contribution in [0.1, 0.15) is 6.42 Å². The maximum Gasteiger partial charge on any atom is 0.325 e. The third kappa shape index (κ3) is 5.57. The van der Waals surface area contributed by atoms with E-state index in [2.05, 4.69) is 0 Å². The van der Waals surface area contributed by atoms with E-state index in [1.54, 1.807) is 0 Å². The minimum absolute atomic E-state index is 0.0158. The van der Waals surface area contributed by atoms with Gasteiger partial charge in [0.2, 0.25) is 0 Å². The zero-order valence-electron chi connectivity index (χ0n) is 3.68.